The maximum absolute atomic E-state index is 13.2. The number of pyridine rings is 3. The van der Waals surface area contributed by atoms with Gasteiger partial charge in [-0.25, -0.2) is 18.4 Å². The number of rotatable bonds is 6. The smallest absolute Gasteiger partial charge is 0.264 e. The van der Waals surface area contributed by atoms with Gasteiger partial charge in [-0.15, -0.1) is 0 Å². The van der Waals surface area contributed by atoms with Crippen LogP contribution in [0.1, 0.15) is 28.8 Å². The molecule has 9 nitrogen and oxygen atoms in total. The molecule has 2 aliphatic rings. The first kappa shape index (κ1) is 21.8. The number of carbonyl (C=O) groups is 1. The van der Waals surface area contributed by atoms with Gasteiger partial charge in [-0.3, -0.25) is 9.59 Å². The van der Waals surface area contributed by atoms with Crippen molar-refractivity contribution in [3.8, 4) is 0 Å². The van der Waals surface area contributed by atoms with Gasteiger partial charge in [-0.1, -0.05) is 17.7 Å². The first-order valence-corrected chi connectivity index (χ1v) is 12.8. The van der Waals surface area contributed by atoms with Crippen LogP contribution in [0.3, 0.4) is 0 Å². The van der Waals surface area contributed by atoms with E-state index in [2.05, 4.69) is 15.3 Å². The largest absolute Gasteiger partial charge is 0.351 e. The number of carbonyl (C=O) groups excluding carboxylic acids is 1. The molecule has 0 aromatic carbocycles. The second kappa shape index (κ2) is 7.81. The summed E-state index contributed by atoms with van der Waals surface area (Å²) >= 11 is 5.79. The summed E-state index contributed by atoms with van der Waals surface area (Å²) in [5.74, 6) is 0.0976. The van der Waals surface area contributed by atoms with Crippen LogP contribution in [0.5, 0.6) is 0 Å². The molecule has 3 aromatic rings. The molecule has 0 radical (unpaired) electrons. The second-order valence-electron chi connectivity index (χ2n) is 8.64. The summed E-state index contributed by atoms with van der Waals surface area (Å²) in [5, 5.41) is 3.82. The average Bonchev–Trinajstić information content (AvgIpc) is 3.57. The third-order valence-electron chi connectivity index (χ3n) is 6.43. The fourth-order valence-corrected chi connectivity index (χ4v) is 5.67. The van der Waals surface area contributed by atoms with Crippen LogP contribution in [0, 0.1) is 0 Å². The quantitative estimate of drug-likeness (QED) is 0.527. The number of hydrogen-bond donors (Lipinski definition) is 1. The van der Waals surface area contributed by atoms with Gasteiger partial charge < -0.3 is 14.8 Å². The topological polar surface area (TPSA) is 114 Å². The maximum Gasteiger partial charge on any atom is 0.264 e. The van der Waals surface area contributed by atoms with E-state index in [0.717, 1.165) is 5.56 Å². The van der Waals surface area contributed by atoms with Crippen LogP contribution >= 0.6 is 11.6 Å². The molecule has 1 saturated carbocycles. The molecule has 1 N–H and O–H groups in total. The van der Waals surface area contributed by atoms with Gasteiger partial charge in [0.2, 0.25) is 0 Å². The Morgan fingerprint density at radius 3 is 2.67 bits per heavy atom. The molecule has 4 heterocycles. The van der Waals surface area contributed by atoms with Gasteiger partial charge in [0.15, 0.2) is 15.7 Å². The highest BCUT2D eigenvalue weighted by atomic mass is 35.5. The van der Waals surface area contributed by atoms with Crippen molar-refractivity contribution in [2.24, 2.45) is 0 Å². The molecule has 33 heavy (non-hydrogen) atoms. The minimum Gasteiger partial charge on any atom is -0.351 e. The molecule has 0 bridgehead atoms. The first-order chi connectivity index (χ1) is 15.7. The molecular formula is C22H22ClN5O4S. The Morgan fingerprint density at radius 2 is 2.00 bits per heavy atom. The SMILES string of the molecule is CS(=O)(=O)C1(CN2CCn3c(=O)c(C(=O)NCc4ccc(Cl)nc4)cc4ccnc2c43)CC1. The summed E-state index contributed by atoms with van der Waals surface area (Å²) in [6, 6.07) is 6.71. The first-order valence-electron chi connectivity index (χ1n) is 10.5. The predicted molar refractivity (Wildman–Crippen MR) is 125 cm³/mol. The molecule has 172 valence electrons. The van der Waals surface area contributed by atoms with Gasteiger partial charge >= 0.3 is 0 Å². The predicted octanol–water partition coefficient (Wildman–Crippen LogP) is 1.77. The second-order valence-corrected chi connectivity index (χ2v) is 11.4. The lowest BCUT2D eigenvalue weighted by Gasteiger charge is -2.33. The van der Waals surface area contributed by atoms with Gasteiger partial charge in [0.05, 0.1) is 10.3 Å². The molecule has 1 amide bonds. The number of aromatic nitrogens is 3. The third kappa shape index (κ3) is 3.87. The van der Waals surface area contributed by atoms with Gasteiger partial charge in [-0.2, -0.15) is 0 Å². The van der Waals surface area contributed by atoms with Crippen LogP contribution < -0.4 is 15.8 Å². The normalized spacial score (nSPS) is 16.6. The van der Waals surface area contributed by atoms with Crippen LogP contribution in [0.2, 0.25) is 5.15 Å². The van der Waals surface area contributed by atoms with Crippen LogP contribution in [-0.2, 0) is 22.9 Å². The molecule has 0 atom stereocenters. The van der Waals surface area contributed by atoms with E-state index in [4.69, 9.17) is 11.6 Å². The molecule has 3 aromatic heterocycles. The minimum absolute atomic E-state index is 0.0461. The fraction of sp³-hybridized carbons (Fsp3) is 0.364. The lowest BCUT2D eigenvalue weighted by atomic mass is 10.1. The lowest BCUT2D eigenvalue weighted by Crippen LogP contribution is -2.45. The zero-order valence-electron chi connectivity index (χ0n) is 17.9. The summed E-state index contributed by atoms with van der Waals surface area (Å²) in [4.78, 5) is 36.4. The van der Waals surface area contributed by atoms with Gasteiger partial charge in [-0.05, 0) is 36.6 Å². The van der Waals surface area contributed by atoms with Crippen molar-refractivity contribution in [2.75, 3.05) is 24.2 Å². The zero-order chi connectivity index (χ0) is 23.4. The number of amides is 1. The molecule has 1 aliphatic carbocycles. The van der Waals surface area contributed by atoms with E-state index in [0.29, 0.717) is 54.3 Å². The van der Waals surface area contributed by atoms with E-state index in [1.54, 1.807) is 41.2 Å². The van der Waals surface area contributed by atoms with Gasteiger partial charge in [0, 0.05) is 50.2 Å². The Kier molecular flexibility index (Phi) is 5.17. The monoisotopic (exact) mass is 487 g/mol. The summed E-state index contributed by atoms with van der Waals surface area (Å²) in [7, 11) is -3.20. The molecule has 0 spiro atoms. The van der Waals surface area contributed by atoms with Crippen LogP contribution in [0.25, 0.3) is 10.9 Å². The highest BCUT2D eigenvalue weighted by molar-refractivity contribution is 7.92. The number of hydrogen-bond acceptors (Lipinski definition) is 7. The standard InChI is InChI=1S/C22H22ClN5O4S/c1-33(31,32)22(5-6-22)13-27-8-9-28-18-15(4-7-24-19(18)27)10-16(21(28)30)20(29)26-12-14-2-3-17(23)25-11-14/h2-4,7,10-11H,5-6,8-9,12-13H2,1H3,(H,26,29). The van der Waals surface area contributed by atoms with E-state index in [1.165, 1.54) is 6.26 Å². The van der Waals surface area contributed by atoms with Crippen molar-refractivity contribution in [2.45, 2.75) is 30.7 Å². The Morgan fingerprint density at radius 1 is 1.21 bits per heavy atom. The van der Waals surface area contributed by atoms with Gasteiger partial charge in [0.1, 0.15) is 10.7 Å². The van der Waals surface area contributed by atoms with E-state index in [1.807, 2.05) is 4.90 Å². The van der Waals surface area contributed by atoms with Crippen molar-refractivity contribution in [1.29, 1.82) is 0 Å². The molecular weight excluding hydrogens is 466 g/mol. The number of sulfone groups is 1. The lowest BCUT2D eigenvalue weighted by molar-refractivity contribution is 0.0949. The number of halogens is 1. The van der Waals surface area contributed by atoms with E-state index in [-0.39, 0.29) is 12.1 Å². The van der Waals surface area contributed by atoms with E-state index < -0.39 is 26.1 Å². The Labute approximate surface area is 195 Å². The number of nitrogens with zero attached hydrogens (tertiary/aromatic N) is 4. The summed E-state index contributed by atoms with van der Waals surface area (Å²) < 4.78 is 25.4. The van der Waals surface area contributed by atoms with Gasteiger partial charge in [0.25, 0.3) is 11.5 Å². The van der Waals surface area contributed by atoms with E-state index in [9.17, 15) is 18.0 Å². The summed E-state index contributed by atoms with van der Waals surface area (Å²) in [6.07, 6.45) is 5.73. The molecule has 5 rings (SSSR count). The Bertz CT molecular complexity index is 1430. The van der Waals surface area contributed by atoms with Crippen molar-refractivity contribution < 1.29 is 13.2 Å². The van der Waals surface area contributed by atoms with Crippen molar-refractivity contribution >= 4 is 44.1 Å². The van der Waals surface area contributed by atoms with E-state index >= 15 is 0 Å². The van der Waals surface area contributed by atoms with Crippen LogP contribution in [0.4, 0.5) is 5.82 Å². The van der Waals surface area contributed by atoms with Crippen LogP contribution in [-0.4, -0.2) is 53.0 Å². The van der Waals surface area contributed by atoms with Crippen molar-refractivity contribution in [1.82, 2.24) is 19.9 Å². The summed E-state index contributed by atoms with van der Waals surface area (Å²) in [5.41, 5.74) is 1.03. The molecule has 1 fully saturated rings. The maximum atomic E-state index is 13.2. The molecule has 0 saturated heterocycles. The Balaban J connectivity index is 1.46. The molecule has 1 aliphatic heterocycles. The minimum atomic E-state index is -3.20. The average molecular weight is 488 g/mol. The highest BCUT2D eigenvalue weighted by Crippen LogP contribution is 2.45. The Hall–Kier alpha value is -2.98. The fourth-order valence-electron chi connectivity index (χ4n) is 4.32. The molecule has 0 unspecified atom stereocenters. The number of nitrogens with one attached hydrogen (secondary N) is 1. The summed E-state index contributed by atoms with van der Waals surface area (Å²) in [6.45, 7) is 1.35. The van der Waals surface area contributed by atoms with Crippen LogP contribution in [0.15, 0.2) is 41.5 Å². The number of anilines is 1. The highest BCUT2D eigenvalue weighted by Gasteiger charge is 2.53. The van der Waals surface area contributed by atoms with Crippen molar-refractivity contribution in [3.05, 3.63) is 63.3 Å². The molecule has 11 heteroatoms. The third-order valence-corrected chi connectivity index (χ3v) is 8.77. The van der Waals surface area contributed by atoms with Crippen molar-refractivity contribution in [3.63, 3.8) is 0 Å². The zero-order valence-corrected chi connectivity index (χ0v) is 19.5.